The summed E-state index contributed by atoms with van der Waals surface area (Å²) in [4.78, 5) is 12.2. The zero-order valence-corrected chi connectivity index (χ0v) is 22.2. The molecule has 11 atom stereocenters. The van der Waals surface area contributed by atoms with E-state index in [-0.39, 0.29) is 41.2 Å². The van der Waals surface area contributed by atoms with E-state index < -0.39 is 28.1 Å². The molecular weight excluding hydrogens is 470 g/mol. The minimum atomic E-state index is -4.08. The number of nitrogens with one attached hydrogen (secondary N) is 1. The lowest BCUT2D eigenvalue weighted by atomic mass is 9.43. The molecule has 0 aromatic carbocycles. The molecule has 8 nitrogen and oxygen atoms in total. The molecule has 0 bridgehead atoms. The van der Waals surface area contributed by atoms with Gasteiger partial charge in [0.05, 0.1) is 24.1 Å². The van der Waals surface area contributed by atoms with Crippen molar-refractivity contribution in [3.8, 4) is 0 Å². The quantitative estimate of drug-likeness (QED) is 0.327. The second-order valence-electron chi connectivity index (χ2n) is 12.7. The van der Waals surface area contributed by atoms with E-state index >= 15 is 0 Å². The number of amides is 1. The largest absolute Gasteiger partial charge is 0.393 e. The van der Waals surface area contributed by atoms with Crippen LogP contribution in [-0.2, 0) is 14.9 Å². The molecule has 202 valence electrons. The fraction of sp³-hybridized carbons (Fsp3) is 0.962. The molecule has 35 heavy (non-hydrogen) atoms. The molecule has 5 N–H and O–H groups in total. The van der Waals surface area contributed by atoms with Crippen LogP contribution >= 0.6 is 0 Å². The molecule has 0 saturated heterocycles. The van der Waals surface area contributed by atoms with E-state index in [2.05, 4.69) is 26.1 Å². The lowest BCUT2D eigenvalue weighted by molar-refractivity contribution is -0.223. The lowest BCUT2D eigenvalue weighted by Crippen LogP contribution is -2.64. The van der Waals surface area contributed by atoms with E-state index in [1.54, 1.807) is 0 Å². The van der Waals surface area contributed by atoms with Crippen LogP contribution in [0.15, 0.2) is 0 Å². The third-order valence-electron chi connectivity index (χ3n) is 11.0. The number of fused-ring (bicyclic) bond motifs is 5. The Balaban J connectivity index is 1.42. The second kappa shape index (κ2) is 9.86. The summed E-state index contributed by atoms with van der Waals surface area (Å²) < 4.78 is 30.5. The van der Waals surface area contributed by atoms with Crippen molar-refractivity contribution in [3.63, 3.8) is 0 Å². The SMILES string of the molecule is C[C@H](CCC(=O)NCCS(=O)(=O)O)[C@H]1CC[C@H]2C3C(CC[C@]12C)[C@@]1(C)CC[C@@H](O)C[C@H]1[C@H](O)[C@@H]3O. The first-order valence-corrected chi connectivity index (χ1v) is 15.1. The van der Waals surface area contributed by atoms with Crippen molar-refractivity contribution < 1.29 is 33.1 Å². The van der Waals surface area contributed by atoms with E-state index in [4.69, 9.17) is 4.55 Å². The number of hydrogen-bond donors (Lipinski definition) is 5. The van der Waals surface area contributed by atoms with E-state index in [9.17, 15) is 28.5 Å². The first-order valence-electron chi connectivity index (χ1n) is 13.5. The Morgan fingerprint density at radius 1 is 0.971 bits per heavy atom. The summed E-state index contributed by atoms with van der Waals surface area (Å²) in [5, 5.41) is 35.4. The maximum atomic E-state index is 12.2. The van der Waals surface area contributed by atoms with E-state index in [1.165, 1.54) is 0 Å². The molecule has 4 aliphatic rings. The highest BCUT2D eigenvalue weighted by molar-refractivity contribution is 7.85. The number of aliphatic hydroxyl groups is 3. The topological polar surface area (TPSA) is 144 Å². The van der Waals surface area contributed by atoms with Gasteiger partial charge in [-0.2, -0.15) is 8.42 Å². The van der Waals surface area contributed by atoms with Crippen LogP contribution in [0.3, 0.4) is 0 Å². The van der Waals surface area contributed by atoms with Crippen LogP contribution in [-0.4, -0.2) is 64.8 Å². The summed E-state index contributed by atoms with van der Waals surface area (Å²) >= 11 is 0. The van der Waals surface area contributed by atoms with Crippen LogP contribution in [0.1, 0.15) is 78.6 Å². The van der Waals surface area contributed by atoms with Gasteiger partial charge in [0, 0.05) is 13.0 Å². The third-order valence-corrected chi connectivity index (χ3v) is 11.7. The van der Waals surface area contributed by atoms with E-state index in [1.807, 2.05) is 0 Å². The molecule has 4 rings (SSSR count). The number of hydrogen-bond acceptors (Lipinski definition) is 6. The molecule has 0 aromatic rings. The Kier molecular flexibility index (Phi) is 7.69. The molecule has 2 unspecified atom stereocenters. The van der Waals surface area contributed by atoms with Gasteiger partial charge in [0.25, 0.3) is 10.1 Å². The van der Waals surface area contributed by atoms with Crippen molar-refractivity contribution in [2.45, 2.75) is 96.9 Å². The molecule has 0 aromatic heterocycles. The molecule has 4 fully saturated rings. The highest BCUT2D eigenvalue weighted by atomic mass is 32.2. The molecule has 0 spiro atoms. The molecular formula is C26H45NO7S. The van der Waals surface area contributed by atoms with Crippen molar-refractivity contribution in [1.29, 1.82) is 0 Å². The maximum Gasteiger partial charge on any atom is 0.266 e. The summed E-state index contributed by atoms with van der Waals surface area (Å²) in [6, 6.07) is 0. The average molecular weight is 516 g/mol. The number of carbonyl (C=O) groups excluding carboxylic acids is 1. The van der Waals surface area contributed by atoms with Gasteiger partial charge in [-0.1, -0.05) is 20.8 Å². The lowest BCUT2D eigenvalue weighted by Gasteiger charge is -2.63. The monoisotopic (exact) mass is 515 g/mol. The highest BCUT2D eigenvalue weighted by Gasteiger charge is 2.65. The Labute approximate surface area is 210 Å². The van der Waals surface area contributed by atoms with Crippen molar-refractivity contribution >= 4 is 16.0 Å². The smallest absolute Gasteiger partial charge is 0.266 e. The van der Waals surface area contributed by atoms with Crippen LogP contribution in [0.4, 0.5) is 0 Å². The van der Waals surface area contributed by atoms with Crippen molar-refractivity contribution in [2.24, 2.45) is 46.3 Å². The van der Waals surface area contributed by atoms with Gasteiger partial charge in [0.1, 0.15) is 0 Å². The molecule has 0 aliphatic heterocycles. The Bertz CT molecular complexity index is 896. The van der Waals surface area contributed by atoms with E-state index in [0.717, 1.165) is 38.5 Å². The van der Waals surface area contributed by atoms with Crippen LogP contribution in [0.5, 0.6) is 0 Å². The molecule has 4 saturated carbocycles. The summed E-state index contributed by atoms with van der Waals surface area (Å²) in [7, 11) is -4.08. The first kappa shape index (κ1) is 27.3. The minimum absolute atomic E-state index is 0.0479. The predicted molar refractivity (Wildman–Crippen MR) is 132 cm³/mol. The van der Waals surface area contributed by atoms with Gasteiger partial charge in [-0.3, -0.25) is 9.35 Å². The minimum Gasteiger partial charge on any atom is -0.393 e. The highest BCUT2D eigenvalue weighted by Crippen LogP contribution is 2.68. The van der Waals surface area contributed by atoms with E-state index in [0.29, 0.717) is 42.9 Å². The van der Waals surface area contributed by atoms with Gasteiger partial charge in [-0.05, 0) is 97.7 Å². The number of rotatable bonds is 7. The van der Waals surface area contributed by atoms with Gasteiger partial charge in [-0.15, -0.1) is 0 Å². The number of aliphatic hydroxyl groups excluding tert-OH is 3. The van der Waals surface area contributed by atoms with Gasteiger partial charge >= 0.3 is 0 Å². The first-order chi connectivity index (χ1) is 16.3. The van der Waals surface area contributed by atoms with Gasteiger partial charge in [-0.25, -0.2) is 0 Å². The standard InChI is InChI=1S/C26H45NO7S/c1-15(4-7-21(29)27-12-13-35(32,33)34)17-5-6-18-22-19(9-11-25(17,18)2)26(3)10-8-16(28)14-20(26)23(30)24(22)31/h15-20,22-24,28,30-31H,4-14H2,1-3H3,(H,27,29)(H,32,33,34)/t15-,16-,17-,18+,19?,20+,22?,23+,24-,25-,26-/m1/s1. The van der Waals surface area contributed by atoms with Crippen molar-refractivity contribution in [2.75, 3.05) is 12.3 Å². The van der Waals surface area contributed by atoms with Gasteiger partial charge in [0.2, 0.25) is 5.91 Å². The molecule has 9 heteroatoms. The fourth-order valence-electron chi connectivity index (χ4n) is 9.18. The van der Waals surface area contributed by atoms with Crippen LogP contribution in [0.2, 0.25) is 0 Å². The predicted octanol–water partition coefficient (Wildman–Crippen LogP) is 2.37. The number of carbonyl (C=O) groups is 1. The Hall–Kier alpha value is -0.740. The molecule has 1 amide bonds. The Morgan fingerprint density at radius 2 is 1.63 bits per heavy atom. The molecule has 4 aliphatic carbocycles. The molecule has 0 heterocycles. The van der Waals surface area contributed by atoms with Crippen molar-refractivity contribution in [1.82, 2.24) is 5.32 Å². The summed E-state index contributed by atoms with van der Waals surface area (Å²) in [6.45, 7) is 6.75. The Morgan fingerprint density at radius 3 is 2.31 bits per heavy atom. The molecule has 0 radical (unpaired) electrons. The normalized spacial score (nSPS) is 46.3. The second-order valence-corrected chi connectivity index (χ2v) is 14.3. The maximum absolute atomic E-state index is 12.2. The third kappa shape index (κ3) is 5.05. The van der Waals surface area contributed by atoms with Crippen LogP contribution < -0.4 is 5.32 Å². The summed E-state index contributed by atoms with van der Waals surface area (Å²) in [6.07, 6.45) is 5.54. The van der Waals surface area contributed by atoms with Gasteiger partial charge < -0.3 is 20.6 Å². The zero-order chi connectivity index (χ0) is 25.8. The van der Waals surface area contributed by atoms with Crippen LogP contribution in [0, 0.1) is 46.3 Å². The summed E-state index contributed by atoms with van der Waals surface area (Å²) in [5.41, 5.74) is 0.00776. The summed E-state index contributed by atoms with van der Waals surface area (Å²) in [5.74, 6) is 0.781. The van der Waals surface area contributed by atoms with Gasteiger partial charge in [0.15, 0.2) is 0 Å². The fourth-order valence-corrected chi connectivity index (χ4v) is 9.54. The zero-order valence-electron chi connectivity index (χ0n) is 21.4. The average Bonchev–Trinajstić information content (AvgIpc) is 3.13. The van der Waals surface area contributed by atoms with Crippen LogP contribution in [0.25, 0.3) is 0 Å². The van der Waals surface area contributed by atoms with Crippen molar-refractivity contribution in [3.05, 3.63) is 0 Å².